The standard InChI is InChI=1S/C12H25NO/c1-10(2)11-4-6-12(7-5-11)13-8-9-14-3/h10-13H,4-9H2,1-3H3/t11-,12-. The van der Waals surface area contributed by atoms with Crippen LogP contribution in [0.2, 0.25) is 0 Å². The number of hydrogen-bond donors (Lipinski definition) is 1. The Morgan fingerprint density at radius 1 is 1.21 bits per heavy atom. The Morgan fingerprint density at radius 3 is 2.36 bits per heavy atom. The molecule has 0 saturated heterocycles. The maximum absolute atomic E-state index is 5.03. The quantitative estimate of drug-likeness (QED) is 0.687. The van der Waals surface area contributed by atoms with Crippen LogP contribution >= 0.6 is 0 Å². The van der Waals surface area contributed by atoms with Crippen molar-refractivity contribution in [3.63, 3.8) is 0 Å². The van der Waals surface area contributed by atoms with Crippen molar-refractivity contribution in [2.24, 2.45) is 11.8 Å². The predicted octanol–water partition coefficient (Wildman–Crippen LogP) is 2.44. The SMILES string of the molecule is COCCN[C@H]1CC[C@H](C(C)C)CC1. The van der Waals surface area contributed by atoms with E-state index in [4.69, 9.17) is 4.74 Å². The minimum atomic E-state index is 0.750. The van der Waals surface area contributed by atoms with Gasteiger partial charge < -0.3 is 10.1 Å². The molecule has 1 fully saturated rings. The number of nitrogens with one attached hydrogen (secondary N) is 1. The van der Waals surface area contributed by atoms with E-state index in [1.165, 1.54) is 25.7 Å². The van der Waals surface area contributed by atoms with E-state index in [9.17, 15) is 0 Å². The van der Waals surface area contributed by atoms with E-state index in [0.29, 0.717) is 0 Å². The Balaban J connectivity index is 2.09. The normalized spacial score (nSPS) is 28.3. The van der Waals surface area contributed by atoms with Crippen LogP contribution in [0.25, 0.3) is 0 Å². The first-order chi connectivity index (χ1) is 6.74. The molecule has 0 radical (unpaired) electrons. The van der Waals surface area contributed by atoms with Crippen molar-refractivity contribution in [1.82, 2.24) is 5.32 Å². The molecular formula is C12H25NO. The second-order valence-electron chi connectivity index (χ2n) is 4.80. The van der Waals surface area contributed by atoms with Gasteiger partial charge in [0.15, 0.2) is 0 Å². The van der Waals surface area contributed by atoms with Gasteiger partial charge in [0.1, 0.15) is 0 Å². The Bertz CT molecular complexity index is 139. The summed E-state index contributed by atoms with van der Waals surface area (Å²) >= 11 is 0. The molecule has 0 heterocycles. The molecule has 2 heteroatoms. The van der Waals surface area contributed by atoms with Gasteiger partial charge in [-0.3, -0.25) is 0 Å². The zero-order valence-corrected chi connectivity index (χ0v) is 9.88. The fourth-order valence-electron chi connectivity index (χ4n) is 2.36. The molecule has 0 amide bonds. The molecule has 0 bridgehead atoms. The summed E-state index contributed by atoms with van der Waals surface area (Å²) in [6, 6.07) is 0.750. The minimum absolute atomic E-state index is 0.750. The second kappa shape index (κ2) is 6.41. The summed E-state index contributed by atoms with van der Waals surface area (Å²) in [5.74, 6) is 1.84. The highest BCUT2D eigenvalue weighted by Crippen LogP contribution is 2.29. The van der Waals surface area contributed by atoms with Crippen LogP contribution in [-0.2, 0) is 4.74 Å². The zero-order chi connectivity index (χ0) is 10.4. The van der Waals surface area contributed by atoms with Crippen LogP contribution in [-0.4, -0.2) is 26.3 Å². The topological polar surface area (TPSA) is 21.3 Å². The molecule has 1 aliphatic rings. The third kappa shape index (κ3) is 3.97. The first-order valence-corrected chi connectivity index (χ1v) is 5.96. The van der Waals surface area contributed by atoms with Crippen molar-refractivity contribution in [2.45, 2.75) is 45.6 Å². The minimum Gasteiger partial charge on any atom is -0.383 e. The second-order valence-corrected chi connectivity index (χ2v) is 4.80. The van der Waals surface area contributed by atoms with Gasteiger partial charge in [-0.25, -0.2) is 0 Å². The molecule has 0 aromatic heterocycles. The Morgan fingerprint density at radius 2 is 1.86 bits per heavy atom. The van der Waals surface area contributed by atoms with Gasteiger partial charge in [-0.15, -0.1) is 0 Å². The Kier molecular flexibility index (Phi) is 5.49. The van der Waals surface area contributed by atoms with Crippen molar-refractivity contribution in [2.75, 3.05) is 20.3 Å². The summed E-state index contributed by atoms with van der Waals surface area (Å²) in [7, 11) is 1.76. The summed E-state index contributed by atoms with van der Waals surface area (Å²) in [4.78, 5) is 0. The van der Waals surface area contributed by atoms with Crippen molar-refractivity contribution in [3.05, 3.63) is 0 Å². The van der Waals surface area contributed by atoms with Crippen molar-refractivity contribution in [3.8, 4) is 0 Å². The molecule has 1 N–H and O–H groups in total. The number of rotatable bonds is 5. The highest BCUT2D eigenvalue weighted by atomic mass is 16.5. The highest BCUT2D eigenvalue weighted by molar-refractivity contribution is 4.78. The first kappa shape index (κ1) is 12.0. The molecule has 1 saturated carbocycles. The van der Waals surface area contributed by atoms with Gasteiger partial charge in [0, 0.05) is 19.7 Å². The molecule has 2 nitrogen and oxygen atoms in total. The summed E-state index contributed by atoms with van der Waals surface area (Å²) in [5.41, 5.74) is 0. The van der Waals surface area contributed by atoms with Crippen LogP contribution in [0, 0.1) is 11.8 Å². The van der Waals surface area contributed by atoms with E-state index in [1.54, 1.807) is 7.11 Å². The maximum atomic E-state index is 5.03. The molecule has 84 valence electrons. The largest absolute Gasteiger partial charge is 0.383 e. The lowest BCUT2D eigenvalue weighted by Gasteiger charge is -2.31. The third-order valence-corrected chi connectivity index (χ3v) is 3.45. The van der Waals surface area contributed by atoms with E-state index in [0.717, 1.165) is 31.0 Å². The molecule has 0 aliphatic heterocycles. The molecule has 0 unspecified atom stereocenters. The van der Waals surface area contributed by atoms with E-state index in [2.05, 4.69) is 19.2 Å². The van der Waals surface area contributed by atoms with E-state index in [1.807, 2.05) is 0 Å². The summed E-state index contributed by atoms with van der Waals surface area (Å²) in [6.07, 6.45) is 5.52. The molecule has 0 aromatic carbocycles. The molecule has 1 aliphatic carbocycles. The molecule has 0 atom stereocenters. The fraction of sp³-hybridized carbons (Fsp3) is 1.00. The van der Waals surface area contributed by atoms with Crippen molar-refractivity contribution >= 4 is 0 Å². The monoisotopic (exact) mass is 199 g/mol. The maximum Gasteiger partial charge on any atom is 0.0587 e. The van der Waals surface area contributed by atoms with Crippen LogP contribution in [0.4, 0.5) is 0 Å². The van der Waals surface area contributed by atoms with Gasteiger partial charge in [-0.2, -0.15) is 0 Å². The van der Waals surface area contributed by atoms with Gasteiger partial charge >= 0.3 is 0 Å². The molecule has 1 rings (SSSR count). The first-order valence-electron chi connectivity index (χ1n) is 5.96. The average molecular weight is 199 g/mol. The van der Waals surface area contributed by atoms with Crippen molar-refractivity contribution < 1.29 is 4.74 Å². The van der Waals surface area contributed by atoms with Crippen LogP contribution in [0.3, 0.4) is 0 Å². The third-order valence-electron chi connectivity index (χ3n) is 3.45. The smallest absolute Gasteiger partial charge is 0.0587 e. The average Bonchev–Trinajstić information content (AvgIpc) is 2.19. The fourth-order valence-corrected chi connectivity index (χ4v) is 2.36. The number of ether oxygens (including phenoxy) is 1. The van der Waals surface area contributed by atoms with E-state index < -0.39 is 0 Å². The summed E-state index contributed by atoms with van der Waals surface area (Å²) in [5, 5.41) is 3.56. The van der Waals surface area contributed by atoms with Gasteiger partial charge in [-0.05, 0) is 37.5 Å². The van der Waals surface area contributed by atoms with Gasteiger partial charge in [0.2, 0.25) is 0 Å². The molecule has 0 aromatic rings. The van der Waals surface area contributed by atoms with Crippen molar-refractivity contribution in [1.29, 1.82) is 0 Å². The van der Waals surface area contributed by atoms with Gasteiger partial charge in [-0.1, -0.05) is 13.8 Å². The molecule has 14 heavy (non-hydrogen) atoms. The summed E-state index contributed by atoms with van der Waals surface area (Å²) < 4.78 is 5.03. The molecule has 0 spiro atoms. The Hall–Kier alpha value is -0.0800. The zero-order valence-electron chi connectivity index (χ0n) is 9.88. The highest BCUT2D eigenvalue weighted by Gasteiger charge is 2.22. The van der Waals surface area contributed by atoms with Crippen LogP contribution in [0.15, 0.2) is 0 Å². The lowest BCUT2D eigenvalue weighted by molar-refractivity contribution is 0.183. The van der Waals surface area contributed by atoms with Gasteiger partial charge in [0.05, 0.1) is 6.61 Å². The van der Waals surface area contributed by atoms with Crippen LogP contribution < -0.4 is 5.32 Å². The Labute approximate surface area is 88.4 Å². The summed E-state index contributed by atoms with van der Waals surface area (Å²) in [6.45, 7) is 6.55. The molecular weight excluding hydrogens is 174 g/mol. The van der Waals surface area contributed by atoms with E-state index in [-0.39, 0.29) is 0 Å². The van der Waals surface area contributed by atoms with Crippen LogP contribution in [0.5, 0.6) is 0 Å². The lowest BCUT2D eigenvalue weighted by atomic mass is 9.80. The van der Waals surface area contributed by atoms with Gasteiger partial charge in [0.25, 0.3) is 0 Å². The van der Waals surface area contributed by atoms with E-state index >= 15 is 0 Å². The predicted molar refractivity (Wildman–Crippen MR) is 60.5 cm³/mol. The number of hydrogen-bond acceptors (Lipinski definition) is 2. The number of methoxy groups -OCH3 is 1. The van der Waals surface area contributed by atoms with Crippen LogP contribution in [0.1, 0.15) is 39.5 Å². The lowest BCUT2D eigenvalue weighted by Crippen LogP contribution is -2.35.